The van der Waals surface area contributed by atoms with Crippen molar-refractivity contribution in [1.29, 1.82) is 0 Å². The average Bonchev–Trinajstić information content (AvgIpc) is 2.89. The Balaban J connectivity index is 1.92. The van der Waals surface area contributed by atoms with Crippen LogP contribution in [0, 0.1) is 0 Å². The third kappa shape index (κ3) is 12.7. The molecule has 0 aliphatic carbocycles. The summed E-state index contributed by atoms with van der Waals surface area (Å²) < 4.78 is 11.2. The molecule has 0 fully saturated rings. The monoisotopic (exact) mass is 606 g/mol. The molecule has 2 unspecified atom stereocenters. The topological polar surface area (TPSA) is 215 Å². The van der Waals surface area contributed by atoms with Crippen molar-refractivity contribution in [2.75, 3.05) is 52.5 Å². The molecular weight excluding hydrogens is 568 g/mol. The van der Waals surface area contributed by atoms with Crippen LogP contribution in [0.2, 0.25) is 0 Å². The van der Waals surface area contributed by atoms with Gasteiger partial charge < -0.3 is 40.1 Å². The highest BCUT2D eigenvalue weighted by molar-refractivity contribution is 5.73. The maximum atomic E-state index is 10.9. The van der Waals surface area contributed by atoms with E-state index in [1.54, 1.807) is 24.3 Å². The van der Waals surface area contributed by atoms with Crippen LogP contribution in [0.15, 0.2) is 48.5 Å². The molecule has 6 N–H and O–H groups in total. The first-order valence-corrected chi connectivity index (χ1v) is 13.3. The van der Waals surface area contributed by atoms with Crippen LogP contribution in [0.1, 0.15) is 25.0 Å². The molecule has 2 rings (SSSR count). The Morgan fingerprint density at radius 2 is 0.884 bits per heavy atom. The lowest BCUT2D eigenvalue weighted by molar-refractivity contribution is -0.144. The fourth-order valence-electron chi connectivity index (χ4n) is 4.32. The van der Waals surface area contributed by atoms with Crippen molar-refractivity contribution in [2.45, 2.75) is 31.5 Å². The summed E-state index contributed by atoms with van der Waals surface area (Å²) >= 11 is 0. The fraction of sp³-hybridized carbons (Fsp3) is 0.448. The Bertz CT molecular complexity index is 1090. The van der Waals surface area contributed by atoms with E-state index in [1.807, 2.05) is 38.1 Å². The van der Waals surface area contributed by atoms with Gasteiger partial charge in [-0.1, -0.05) is 38.1 Å². The minimum absolute atomic E-state index is 0.161. The molecule has 14 heteroatoms. The standard InChI is InChI=1S/C29H38N2O12/c1-29(2,19-3-7-23(8-4-19)42-17-21(32)11-30(13-25(34)35)14-26(36)37)20-5-9-24(10-6-20)43-18-22(33)12-31(15-27(38)39)16-28(40)41/h3-10,21-22,32-33H,11-18H2,1-2H3,(H,34,35)(H,36,37)(H,38,39)(H,40,41). The minimum atomic E-state index is -1.20. The van der Waals surface area contributed by atoms with Crippen LogP contribution in [-0.4, -0.2) is 129 Å². The van der Waals surface area contributed by atoms with Gasteiger partial charge in [0.2, 0.25) is 0 Å². The summed E-state index contributed by atoms with van der Waals surface area (Å²) in [6, 6.07) is 14.4. The lowest BCUT2D eigenvalue weighted by Crippen LogP contribution is -2.41. The van der Waals surface area contributed by atoms with Gasteiger partial charge in [-0.05, 0) is 35.4 Å². The predicted molar refractivity (Wildman–Crippen MR) is 151 cm³/mol. The quantitative estimate of drug-likeness (QED) is 0.121. The first-order chi connectivity index (χ1) is 20.1. The molecule has 0 bridgehead atoms. The second-order valence-electron chi connectivity index (χ2n) is 10.5. The molecule has 0 radical (unpaired) electrons. The molecule has 0 aliphatic heterocycles. The molecule has 0 aliphatic rings. The van der Waals surface area contributed by atoms with Crippen LogP contribution in [0.4, 0.5) is 0 Å². The summed E-state index contributed by atoms with van der Waals surface area (Å²) in [4.78, 5) is 45.9. The number of aliphatic hydroxyl groups excluding tert-OH is 2. The maximum Gasteiger partial charge on any atom is 0.317 e. The lowest BCUT2D eigenvalue weighted by Gasteiger charge is -2.27. The summed E-state index contributed by atoms with van der Waals surface area (Å²) in [6.07, 6.45) is -2.21. The third-order valence-corrected chi connectivity index (χ3v) is 6.41. The molecule has 0 heterocycles. The molecule has 0 saturated carbocycles. The van der Waals surface area contributed by atoms with E-state index in [2.05, 4.69) is 0 Å². The number of nitrogens with zero attached hydrogens (tertiary/aromatic N) is 2. The van der Waals surface area contributed by atoms with E-state index in [-0.39, 0.29) is 26.3 Å². The number of carboxylic acid groups (broad SMARTS) is 4. The number of aliphatic carboxylic acids is 4. The molecule has 43 heavy (non-hydrogen) atoms. The molecule has 0 spiro atoms. The first-order valence-electron chi connectivity index (χ1n) is 13.3. The number of ether oxygens (including phenoxy) is 2. The number of benzene rings is 2. The van der Waals surface area contributed by atoms with E-state index in [4.69, 9.17) is 29.9 Å². The maximum absolute atomic E-state index is 10.9. The molecule has 0 amide bonds. The van der Waals surface area contributed by atoms with E-state index in [0.29, 0.717) is 11.5 Å². The minimum Gasteiger partial charge on any atom is -0.491 e. The van der Waals surface area contributed by atoms with Crippen LogP contribution in [-0.2, 0) is 24.6 Å². The summed E-state index contributed by atoms with van der Waals surface area (Å²) in [7, 11) is 0. The highest BCUT2D eigenvalue weighted by Gasteiger charge is 2.24. The van der Waals surface area contributed by atoms with Gasteiger partial charge in [-0.15, -0.1) is 0 Å². The zero-order chi connectivity index (χ0) is 32.2. The van der Waals surface area contributed by atoms with Crippen molar-refractivity contribution >= 4 is 23.9 Å². The average molecular weight is 607 g/mol. The first kappa shape index (κ1) is 35.0. The van der Waals surface area contributed by atoms with Crippen LogP contribution >= 0.6 is 0 Å². The van der Waals surface area contributed by atoms with E-state index < -0.39 is 67.7 Å². The number of rotatable bonds is 20. The number of carboxylic acids is 4. The second kappa shape index (κ2) is 16.4. The summed E-state index contributed by atoms with van der Waals surface area (Å²) in [6.45, 7) is 1.25. The fourth-order valence-corrected chi connectivity index (χ4v) is 4.32. The van der Waals surface area contributed by atoms with Gasteiger partial charge in [-0.2, -0.15) is 0 Å². The molecule has 2 atom stereocenters. The number of carbonyl (C=O) groups is 4. The SMILES string of the molecule is CC(C)(c1ccc(OCC(O)CN(CC(=O)O)CC(=O)O)cc1)c1ccc(OCC(O)CN(CC(=O)O)CC(=O)O)cc1. The Labute approximate surface area is 248 Å². The highest BCUT2D eigenvalue weighted by Crippen LogP contribution is 2.33. The molecule has 2 aromatic rings. The van der Waals surface area contributed by atoms with Crippen LogP contribution in [0.5, 0.6) is 11.5 Å². The Kier molecular flexibility index (Phi) is 13.3. The van der Waals surface area contributed by atoms with Crippen molar-refractivity contribution < 1.29 is 59.3 Å². The van der Waals surface area contributed by atoms with Crippen molar-refractivity contribution in [1.82, 2.24) is 9.80 Å². The van der Waals surface area contributed by atoms with E-state index >= 15 is 0 Å². The molecule has 2 aromatic carbocycles. The molecule has 14 nitrogen and oxygen atoms in total. The van der Waals surface area contributed by atoms with Crippen molar-refractivity contribution in [3.8, 4) is 11.5 Å². The van der Waals surface area contributed by atoms with Gasteiger partial charge in [-0.25, -0.2) is 0 Å². The summed E-state index contributed by atoms with van der Waals surface area (Å²) in [5, 5.41) is 56.1. The van der Waals surface area contributed by atoms with E-state index in [0.717, 1.165) is 20.9 Å². The lowest BCUT2D eigenvalue weighted by atomic mass is 9.78. The van der Waals surface area contributed by atoms with Gasteiger partial charge >= 0.3 is 23.9 Å². The predicted octanol–water partition coefficient (Wildman–Crippen LogP) is 0.434. The smallest absolute Gasteiger partial charge is 0.317 e. The van der Waals surface area contributed by atoms with Gasteiger partial charge in [0.05, 0.1) is 26.2 Å². The third-order valence-electron chi connectivity index (χ3n) is 6.41. The largest absolute Gasteiger partial charge is 0.491 e. The van der Waals surface area contributed by atoms with Gasteiger partial charge in [0, 0.05) is 18.5 Å². The summed E-state index contributed by atoms with van der Waals surface area (Å²) in [5.41, 5.74) is 1.48. The van der Waals surface area contributed by atoms with Gasteiger partial charge in [0.25, 0.3) is 0 Å². The van der Waals surface area contributed by atoms with Crippen molar-refractivity contribution in [3.05, 3.63) is 59.7 Å². The second-order valence-corrected chi connectivity index (χ2v) is 10.5. The zero-order valence-corrected chi connectivity index (χ0v) is 24.0. The van der Waals surface area contributed by atoms with Gasteiger partial charge in [0.1, 0.15) is 36.9 Å². The van der Waals surface area contributed by atoms with Gasteiger partial charge in [-0.3, -0.25) is 29.0 Å². The Hall–Kier alpha value is -4.24. The highest BCUT2D eigenvalue weighted by atomic mass is 16.5. The van der Waals surface area contributed by atoms with Gasteiger partial charge in [0.15, 0.2) is 0 Å². The number of aliphatic hydroxyl groups is 2. The molecule has 0 saturated heterocycles. The number of hydrogen-bond acceptors (Lipinski definition) is 10. The van der Waals surface area contributed by atoms with E-state index in [9.17, 15) is 29.4 Å². The van der Waals surface area contributed by atoms with Crippen molar-refractivity contribution in [2.24, 2.45) is 0 Å². The summed E-state index contributed by atoms with van der Waals surface area (Å²) in [5.74, 6) is -3.88. The molecule has 0 aromatic heterocycles. The number of hydrogen-bond donors (Lipinski definition) is 6. The van der Waals surface area contributed by atoms with E-state index in [1.165, 1.54) is 0 Å². The van der Waals surface area contributed by atoms with Crippen LogP contribution in [0.3, 0.4) is 0 Å². The van der Waals surface area contributed by atoms with Crippen LogP contribution < -0.4 is 9.47 Å². The Morgan fingerprint density at radius 1 is 0.605 bits per heavy atom. The normalized spacial score (nSPS) is 13.0. The molecular formula is C29H38N2O12. The molecule has 236 valence electrons. The Morgan fingerprint density at radius 3 is 1.14 bits per heavy atom. The zero-order valence-electron chi connectivity index (χ0n) is 24.0. The van der Waals surface area contributed by atoms with Crippen molar-refractivity contribution in [3.63, 3.8) is 0 Å². The van der Waals surface area contributed by atoms with Crippen LogP contribution in [0.25, 0.3) is 0 Å².